The molecular formula is C58H39N5S. The van der Waals surface area contributed by atoms with Gasteiger partial charge in [-0.05, 0) is 66.6 Å². The highest BCUT2D eigenvalue weighted by Gasteiger charge is 2.24. The Bertz CT molecular complexity index is 3860. The monoisotopic (exact) mass is 837 g/mol. The Morgan fingerprint density at radius 1 is 0.484 bits per heavy atom. The number of allylic oxidation sites excluding steroid dienone is 5. The third-order valence-corrected chi connectivity index (χ3v) is 13.5. The van der Waals surface area contributed by atoms with Gasteiger partial charge in [0, 0.05) is 64.1 Å². The highest BCUT2D eigenvalue weighted by atomic mass is 32.1. The summed E-state index contributed by atoms with van der Waals surface area (Å²) in [6.07, 6.45) is 8.05. The van der Waals surface area contributed by atoms with E-state index >= 15 is 0 Å². The first-order valence-electron chi connectivity index (χ1n) is 21.5. The molecule has 0 bridgehead atoms. The Hall–Kier alpha value is -8.19. The van der Waals surface area contributed by atoms with Gasteiger partial charge in [0.1, 0.15) is 0 Å². The van der Waals surface area contributed by atoms with Crippen LogP contribution in [0.15, 0.2) is 213 Å². The van der Waals surface area contributed by atoms with Crippen molar-refractivity contribution in [1.82, 2.24) is 24.1 Å². The second-order valence-electron chi connectivity index (χ2n) is 16.0. The van der Waals surface area contributed by atoms with Crippen molar-refractivity contribution < 1.29 is 0 Å². The molecule has 64 heavy (non-hydrogen) atoms. The van der Waals surface area contributed by atoms with E-state index in [4.69, 9.17) is 15.0 Å². The molecule has 6 heteroatoms. The van der Waals surface area contributed by atoms with Crippen molar-refractivity contribution in [3.63, 3.8) is 0 Å². The Morgan fingerprint density at radius 2 is 1.06 bits per heavy atom. The summed E-state index contributed by atoms with van der Waals surface area (Å²) < 4.78 is 7.22. The van der Waals surface area contributed by atoms with Crippen LogP contribution < -0.4 is 0 Å². The quantitative estimate of drug-likeness (QED) is 0.143. The van der Waals surface area contributed by atoms with Gasteiger partial charge in [-0.25, -0.2) is 15.0 Å². The maximum atomic E-state index is 5.46. The maximum absolute atomic E-state index is 5.46. The first-order chi connectivity index (χ1) is 31.6. The zero-order valence-corrected chi connectivity index (χ0v) is 35.8. The van der Waals surface area contributed by atoms with E-state index in [1.165, 1.54) is 26.2 Å². The molecule has 0 unspecified atom stereocenters. The van der Waals surface area contributed by atoms with Gasteiger partial charge in [0.05, 0.1) is 27.8 Å². The van der Waals surface area contributed by atoms with Crippen LogP contribution in [-0.4, -0.2) is 24.1 Å². The van der Waals surface area contributed by atoms with E-state index in [0.29, 0.717) is 17.5 Å². The van der Waals surface area contributed by atoms with Crippen LogP contribution in [-0.2, 0) is 0 Å². The predicted molar refractivity (Wildman–Crippen MR) is 271 cm³/mol. The minimum absolute atomic E-state index is 0.603. The van der Waals surface area contributed by atoms with Crippen LogP contribution in [0.5, 0.6) is 0 Å². The highest BCUT2D eigenvalue weighted by molar-refractivity contribution is 7.26. The highest BCUT2D eigenvalue weighted by Crippen LogP contribution is 2.43. The van der Waals surface area contributed by atoms with Crippen molar-refractivity contribution in [2.75, 3.05) is 0 Å². The third kappa shape index (κ3) is 6.03. The van der Waals surface area contributed by atoms with Gasteiger partial charge in [0.2, 0.25) is 0 Å². The van der Waals surface area contributed by atoms with Crippen LogP contribution in [0.25, 0.3) is 115 Å². The normalized spacial score (nSPS) is 12.1. The number of benzene rings is 8. The van der Waals surface area contributed by atoms with Gasteiger partial charge in [-0.15, -0.1) is 11.3 Å². The van der Waals surface area contributed by atoms with Crippen molar-refractivity contribution >= 4 is 80.7 Å². The van der Waals surface area contributed by atoms with Gasteiger partial charge >= 0.3 is 0 Å². The van der Waals surface area contributed by atoms with Gasteiger partial charge in [-0.2, -0.15) is 0 Å². The summed E-state index contributed by atoms with van der Waals surface area (Å²) in [5.74, 6) is 1.84. The fourth-order valence-corrected chi connectivity index (χ4v) is 10.6. The van der Waals surface area contributed by atoms with Crippen LogP contribution in [0.4, 0.5) is 0 Å². The number of fused-ring (bicyclic) bond motifs is 9. The molecular weight excluding hydrogens is 799 g/mol. The third-order valence-electron chi connectivity index (χ3n) is 12.3. The van der Waals surface area contributed by atoms with E-state index in [-0.39, 0.29) is 0 Å². The fourth-order valence-electron chi connectivity index (χ4n) is 9.36. The SMILES string of the molecule is C=C(/C=C\C=C/C)c1ccc(-c2nc(-c3cccc4c3sc3ccccc34)nc(-c3cccc4c5ccccc5n(-c5cccc6c7ccccc7n(-c7ccccc7)c56)c34)n2)cc1. The lowest BCUT2D eigenvalue weighted by molar-refractivity contribution is 1.07. The summed E-state index contributed by atoms with van der Waals surface area (Å²) >= 11 is 1.78. The summed E-state index contributed by atoms with van der Waals surface area (Å²) in [6, 6.07) is 64.7. The van der Waals surface area contributed by atoms with Crippen LogP contribution in [0.1, 0.15) is 12.5 Å². The standard InChI is InChI=1S/C58H39N5S/c1-3-4-6-18-37(2)38-33-35-39(36-34-38)56-59-57(61-58(60-56)48-28-16-26-46-43-23-11-14-32-52(43)64-55(46)48)47-27-15-24-44-41-21-10-13-30-50(41)63(53(44)47)51-31-17-25-45-42-22-9-12-29-49(42)62(54(45)51)40-19-7-5-8-20-40/h3-36H,2H2,1H3/b4-3-,18-6-. The topological polar surface area (TPSA) is 48.5 Å². The lowest BCUT2D eigenvalue weighted by atomic mass is 10.0. The molecule has 0 fully saturated rings. The van der Waals surface area contributed by atoms with Gasteiger partial charge in [-0.1, -0.05) is 164 Å². The molecule has 0 atom stereocenters. The van der Waals surface area contributed by atoms with Crippen molar-refractivity contribution in [3.05, 3.63) is 218 Å². The molecule has 4 heterocycles. The Morgan fingerprint density at radius 3 is 1.81 bits per heavy atom. The van der Waals surface area contributed by atoms with E-state index in [9.17, 15) is 0 Å². The Labute approximate surface area is 373 Å². The number of para-hydroxylation sites is 5. The summed E-state index contributed by atoms with van der Waals surface area (Å²) in [5.41, 5.74) is 11.3. The van der Waals surface area contributed by atoms with E-state index in [2.05, 4.69) is 198 Å². The minimum atomic E-state index is 0.603. The van der Waals surface area contributed by atoms with Gasteiger partial charge < -0.3 is 9.13 Å². The molecule has 0 radical (unpaired) electrons. The average molecular weight is 838 g/mol. The smallest absolute Gasteiger partial charge is 0.166 e. The van der Waals surface area contributed by atoms with Crippen LogP contribution in [0.3, 0.4) is 0 Å². The molecule has 0 saturated carbocycles. The molecule has 0 spiro atoms. The van der Waals surface area contributed by atoms with Crippen LogP contribution in [0.2, 0.25) is 0 Å². The fraction of sp³-hybridized carbons (Fsp3) is 0.0172. The average Bonchev–Trinajstić information content (AvgIpc) is 4.02. The van der Waals surface area contributed by atoms with E-state index < -0.39 is 0 Å². The van der Waals surface area contributed by atoms with Crippen LogP contribution in [0, 0.1) is 0 Å². The molecule has 0 aliphatic heterocycles. The summed E-state index contributed by atoms with van der Waals surface area (Å²) in [7, 11) is 0. The second kappa shape index (κ2) is 15.3. The van der Waals surface area contributed by atoms with Crippen molar-refractivity contribution in [2.45, 2.75) is 6.92 Å². The predicted octanol–water partition coefficient (Wildman–Crippen LogP) is 15.6. The number of nitrogens with zero attached hydrogens (tertiary/aromatic N) is 5. The number of hydrogen-bond acceptors (Lipinski definition) is 4. The van der Waals surface area contributed by atoms with Crippen molar-refractivity contribution in [2.24, 2.45) is 0 Å². The largest absolute Gasteiger partial charge is 0.307 e. The van der Waals surface area contributed by atoms with E-state index in [1.807, 2.05) is 31.2 Å². The Balaban J connectivity index is 1.15. The second-order valence-corrected chi connectivity index (χ2v) is 17.0. The van der Waals surface area contributed by atoms with Crippen LogP contribution >= 0.6 is 11.3 Å². The molecule has 12 aromatic rings. The summed E-state index contributed by atoms with van der Waals surface area (Å²) in [4.78, 5) is 16.2. The zero-order chi connectivity index (χ0) is 42.7. The molecule has 8 aromatic carbocycles. The molecule has 5 nitrogen and oxygen atoms in total. The zero-order valence-electron chi connectivity index (χ0n) is 35.0. The van der Waals surface area contributed by atoms with Crippen molar-refractivity contribution in [3.8, 4) is 45.5 Å². The van der Waals surface area contributed by atoms with Gasteiger partial charge in [-0.3, -0.25) is 0 Å². The molecule has 4 aromatic heterocycles. The molecule has 0 amide bonds. The molecule has 0 aliphatic carbocycles. The summed E-state index contributed by atoms with van der Waals surface area (Å²) in [5, 5.41) is 7.09. The number of hydrogen-bond donors (Lipinski definition) is 0. The number of rotatable bonds is 8. The van der Waals surface area contributed by atoms with E-state index in [0.717, 1.165) is 76.7 Å². The van der Waals surface area contributed by atoms with Gasteiger partial charge in [0.15, 0.2) is 17.5 Å². The first kappa shape index (κ1) is 37.6. The lowest BCUT2D eigenvalue weighted by Gasteiger charge is -2.16. The number of thiophene rings is 1. The molecule has 12 rings (SSSR count). The number of aromatic nitrogens is 5. The first-order valence-corrected chi connectivity index (χ1v) is 22.3. The molecule has 0 aliphatic rings. The van der Waals surface area contributed by atoms with Gasteiger partial charge in [0.25, 0.3) is 0 Å². The molecule has 302 valence electrons. The van der Waals surface area contributed by atoms with Crippen molar-refractivity contribution in [1.29, 1.82) is 0 Å². The molecule has 0 N–H and O–H groups in total. The maximum Gasteiger partial charge on any atom is 0.166 e. The molecule has 0 saturated heterocycles. The van der Waals surface area contributed by atoms with E-state index in [1.54, 1.807) is 11.3 Å². The minimum Gasteiger partial charge on any atom is -0.307 e. The lowest BCUT2D eigenvalue weighted by Crippen LogP contribution is -2.03. The summed E-state index contributed by atoms with van der Waals surface area (Å²) in [6.45, 7) is 6.33. The Kier molecular flexibility index (Phi) is 8.99.